The second kappa shape index (κ2) is 4.61. The molecule has 18 heavy (non-hydrogen) atoms. The highest BCUT2D eigenvalue weighted by atomic mass is 16.5. The minimum absolute atomic E-state index is 0.307. The molecule has 0 unspecified atom stereocenters. The van der Waals surface area contributed by atoms with E-state index in [-0.39, 0.29) is 0 Å². The average Bonchev–Trinajstić information content (AvgIpc) is 2.77. The maximum absolute atomic E-state index is 11.9. The van der Waals surface area contributed by atoms with Gasteiger partial charge in [-0.3, -0.25) is 4.79 Å². The molecule has 0 spiro atoms. The minimum atomic E-state index is 0.307. The van der Waals surface area contributed by atoms with Crippen molar-refractivity contribution in [1.82, 2.24) is 4.98 Å². The Hall–Kier alpha value is -1.55. The fourth-order valence-electron chi connectivity index (χ4n) is 2.71. The Morgan fingerprint density at radius 1 is 1.39 bits per heavy atom. The van der Waals surface area contributed by atoms with Crippen LogP contribution in [0.25, 0.3) is 0 Å². The second-order valence-corrected chi connectivity index (χ2v) is 4.84. The van der Waals surface area contributed by atoms with Crippen molar-refractivity contribution >= 4 is 11.5 Å². The molecule has 96 valence electrons. The molecular formula is C14H18N2O2. The lowest BCUT2D eigenvalue weighted by Crippen LogP contribution is -2.22. The Morgan fingerprint density at radius 3 is 3.11 bits per heavy atom. The van der Waals surface area contributed by atoms with Gasteiger partial charge in [0.15, 0.2) is 5.78 Å². The number of ketones is 1. The molecule has 0 aromatic carbocycles. The zero-order valence-electron chi connectivity index (χ0n) is 10.6. The van der Waals surface area contributed by atoms with Crippen LogP contribution in [0.1, 0.15) is 37.4 Å². The normalized spacial score (nSPS) is 18.4. The highest BCUT2D eigenvalue weighted by molar-refractivity contribution is 5.99. The van der Waals surface area contributed by atoms with E-state index in [4.69, 9.17) is 4.74 Å². The highest BCUT2D eigenvalue weighted by Gasteiger charge is 2.27. The van der Waals surface area contributed by atoms with Crippen molar-refractivity contribution < 1.29 is 9.53 Å². The largest absolute Gasteiger partial charge is 0.375 e. The van der Waals surface area contributed by atoms with Gasteiger partial charge in [0.2, 0.25) is 0 Å². The fraction of sp³-hybridized carbons (Fsp3) is 0.500. The molecule has 0 amide bonds. The Bertz CT molecular complexity index is 514. The number of aromatic nitrogens is 1. The van der Waals surface area contributed by atoms with E-state index in [2.05, 4.69) is 10.3 Å². The lowest BCUT2D eigenvalue weighted by atomic mass is 9.88. The number of H-pyrrole nitrogens is 1. The maximum atomic E-state index is 11.9. The van der Waals surface area contributed by atoms with E-state index in [9.17, 15) is 4.79 Å². The molecule has 4 heteroatoms. The Morgan fingerprint density at radius 2 is 2.28 bits per heavy atom. The number of allylic oxidation sites excluding steroid dienone is 2. The molecule has 1 aliphatic heterocycles. The first-order chi connectivity index (χ1) is 8.79. The molecule has 0 saturated heterocycles. The summed E-state index contributed by atoms with van der Waals surface area (Å²) in [7, 11) is 0. The SMILES string of the molecule is CCOCc1[nH]cc2c1NC1=C(C2)C(=O)CCC1. The van der Waals surface area contributed by atoms with E-state index < -0.39 is 0 Å². The van der Waals surface area contributed by atoms with Gasteiger partial charge in [0.25, 0.3) is 0 Å². The zero-order valence-corrected chi connectivity index (χ0v) is 10.6. The van der Waals surface area contributed by atoms with Crippen LogP contribution in [-0.2, 0) is 22.6 Å². The van der Waals surface area contributed by atoms with Crippen LogP contribution in [0.5, 0.6) is 0 Å². The summed E-state index contributed by atoms with van der Waals surface area (Å²) in [5, 5.41) is 3.43. The number of fused-ring (bicyclic) bond motifs is 1. The first kappa shape index (κ1) is 11.5. The topological polar surface area (TPSA) is 54.1 Å². The quantitative estimate of drug-likeness (QED) is 0.861. The summed E-state index contributed by atoms with van der Waals surface area (Å²) in [5.41, 5.74) is 5.49. The van der Waals surface area contributed by atoms with E-state index in [1.54, 1.807) is 0 Å². The monoisotopic (exact) mass is 246 g/mol. The van der Waals surface area contributed by atoms with Crippen molar-refractivity contribution in [2.75, 3.05) is 11.9 Å². The lowest BCUT2D eigenvalue weighted by Gasteiger charge is -2.26. The van der Waals surface area contributed by atoms with Gasteiger partial charge >= 0.3 is 0 Å². The number of hydrogen-bond donors (Lipinski definition) is 2. The molecule has 2 aliphatic rings. The van der Waals surface area contributed by atoms with E-state index in [0.717, 1.165) is 41.9 Å². The second-order valence-electron chi connectivity index (χ2n) is 4.84. The minimum Gasteiger partial charge on any atom is -0.375 e. The van der Waals surface area contributed by atoms with Gasteiger partial charge in [0.1, 0.15) is 0 Å². The Balaban J connectivity index is 1.87. The Kier molecular flexibility index (Phi) is 2.96. The molecule has 1 aromatic rings. The number of hydrogen-bond acceptors (Lipinski definition) is 3. The molecule has 0 radical (unpaired) electrons. The number of aromatic amines is 1. The first-order valence-corrected chi connectivity index (χ1v) is 6.58. The third kappa shape index (κ3) is 1.86. The van der Waals surface area contributed by atoms with Gasteiger partial charge < -0.3 is 15.0 Å². The van der Waals surface area contributed by atoms with E-state index >= 15 is 0 Å². The van der Waals surface area contributed by atoms with Crippen LogP contribution < -0.4 is 5.32 Å². The van der Waals surface area contributed by atoms with Gasteiger partial charge in [-0.15, -0.1) is 0 Å². The van der Waals surface area contributed by atoms with Crippen LogP contribution in [-0.4, -0.2) is 17.4 Å². The molecule has 2 N–H and O–H groups in total. The van der Waals surface area contributed by atoms with Gasteiger partial charge in [-0.25, -0.2) is 0 Å². The van der Waals surface area contributed by atoms with E-state index in [1.165, 1.54) is 5.56 Å². The van der Waals surface area contributed by atoms with Crippen molar-refractivity contribution in [1.29, 1.82) is 0 Å². The standard InChI is InChI=1S/C14H18N2O2/c1-2-18-8-12-14-9(7-15-12)6-10-11(16-14)4-3-5-13(10)17/h7,15-16H,2-6,8H2,1H3. The van der Waals surface area contributed by atoms with Crippen molar-refractivity contribution in [2.24, 2.45) is 0 Å². The van der Waals surface area contributed by atoms with Crippen molar-refractivity contribution in [2.45, 2.75) is 39.2 Å². The van der Waals surface area contributed by atoms with Gasteiger partial charge in [0, 0.05) is 36.9 Å². The van der Waals surface area contributed by atoms with Crippen LogP contribution >= 0.6 is 0 Å². The summed E-state index contributed by atoms with van der Waals surface area (Å²) in [5.74, 6) is 0.307. The zero-order chi connectivity index (χ0) is 12.5. The molecule has 0 fully saturated rings. The summed E-state index contributed by atoms with van der Waals surface area (Å²) < 4.78 is 5.45. The summed E-state index contributed by atoms with van der Waals surface area (Å²) in [6.45, 7) is 3.29. The summed E-state index contributed by atoms with van der Waals surface area (Å²) in [6.07, 6.45) is 5.40. The van der Waals surface area contributed by atoms with Crippen molar-refractivity contribution in [3.8, 4) is 0 Å². The predicted molar refractivity (Wildman–Crippen MR) is 69.3 cm³/mol. The number of carbonyl (C=O) groups excluding carboxylic acids is 1. The number of nitrogens with one attached hydrogen (secondary N) is 2. The number of anilines is 1. The van der Waals surface area contributed by atoms with Crippen molar-refractivity contribution in [3.05, 3.63) is 28.7 Å². The number of ether oxygens (including phenoxy) is 1. The summed E-state index contributed by atoms with van der Waals surface area (Å²) >= 11 is 0. The van der Waals surface area contributed by atoms with Crippen molar-refractivity contribution in [3.63, 3.8) is 0 Å². The molecule has 1 aromatic heterocycles. The van der Waals surface area contributed by atoms with Crippen LogP contribution in [0.3, 0.4) is 0 Å². The van der Waals surface area contributed by atoms with Gasteiger partial charge in [-0.2, -0.15) is 0 Å². The maximum Gasteiger partial charge on any atom is 0.160 e. The summed E-state index contributed by atoms with van der Waals surface area (Å²) in [4.78, 5) is 15.1. The molecule has 0 atom stereocenters. The number of rotatable bonds is 3. The molecule has 2 heterocycles. The molecule has 0 bridgehead atoms. The molecule has 1 aliphatic carbocycles. The fourth-order valence-corrected chi connectivity index (χ4v) is 2.71. The third-order valence-electron chi connectivity index (χ3n) is 3.67. The highest BCUT2D eigenvalue weighted by Crippen LogP contribution is 2.35. The van der Waals surface area contributed by atoms with Crippen LogP contribution in [0.4, 0.5) is 5.69 Å². The van der Waals surface area contributed by atoms with Gasteiger partial charge in [-0.1, -0.05) is 0 Å². The number of carbonyl (C=O) groups is 1. The average molecular weight is 246 g/mol. The molecular weight excluding hydrogens is 228 g/mol. The van der Waals surface area contributed by atoms with E-state index in [1.807, 2.05) is 13.1 Å². The predicted octanol–water partition coefficient (Wildman–Crippen LogP) is 2.53. The van der Waals surface area contributed by atoms with Crippen LogP contribution in [0, 0.1) is 0 Å². The van der Waals surface area contributed by atoms with E-state index in [0.29, 0.717) is 25.4 Å². The van der Waals surface area contributed by atoms with Gasteiger partial charge in [-0.05, 0) is 25.3 Å². The molecule has 3 rings (SSSR count). The van der Waals surface area contributed by atoms with Crippen LogP contribution in [0.2, 0.25) is 0 Å². The first-order valence-electron chi connectivity index (χ1n) is 6.58. The van der Waals surface area contributed by atoms with Crippen LogP contribution in [0.15, 0.2) is 17.5 Å². The number of Topliss-reactive ketones (excluding diaryl/α,β-unsaturated/α-hetero) is 1. The molecule has 0 saturated carbocycles. The molecule has 4 nitrogen and oxygen atoms in total. The smallest absolute Gasteiger partial charge is 0.160 e. The lowest BCUT2D eigenvalue weighted by molar-refractivity contribution is -0.116. The third-order valence-corrected chi connectivity index (χ3v) is 3.67. The van der Waals surface area contributed by atoms with Gasteiger partial charge in [0.05, 0.1) is 18.0 Å². The summed E-state index contributed by atoms with van der Waals surface area (Å²) in [6, 6.07) is 0. The Labute approximate surface area is 106 Å².